The van der Waals surface area contributed by atoms with Crippen molar-refractivity contribution in [3.05, 3.63) is 40.1 Å². The van der Waals surface area contributed by atoms with Crippen LogP contribution in [-0.2, 0) is 4.43 Å². The fourth-order valence-corrected chi connectivity index (χ4v) is 3.29. The molecule has 28 heavy (non-hydrogen) atoms. The van der Waals surface area contributed by atoms with E-state index >= 15 is 0 Å². The van der Waals surface area contributed by atoms with Crippen molar-refractivity contribution in [2.45, 2.75) is 52.2 Å². The highest BCUT2D eigenvalue weighted by Gasteiger charge is 2.36. The van der Waals surface area contributed by atoms with Crippen molar-refractivity contribution in [2.24, 2.45) is 0 Å². The van der Waals surface area contributed by atoms with Gasteiger partial charge in [0.2, 0.25) is 0 Å². The molecule has 2 rings (SSSR count). The highest BCUT2D eigenvalue weighted by Crippen LogP contribution is 2.36. The van der Waals surface area contributed by atoms with E-state index in [-0.39, 0.29) is 23.2 Å². The Morgan fingerprint density at radius 3 is 2.61 bits per heavy atom. The highest BCUT2D eigenvalue weighted by molar-refractivity contribution is 6.74. The monoisotopic (exact) mass is 410 g/mol. The Balaban J connectivity index is 2.05. The van der Waals surface area contributed by atoms with Gasteiger partial charge in [-0.15, -0.1) is 5.10 Å². The van der Waals surface area contributed by atoms with Gasteiger partial charge in [0.05, 0.1) is 29.1 Å². The predicted molar refractivity (Wildman–Crippen MR) is 106 cm³/mol. The van der Waals surface area contributed by atoms with Crippen LogP contribution in [-0.4, -0.2) is 41.2 Å². The van der Waals surface area contributed by atoms with Crippen LogP contribution in [0.2, 0.25) is 18.1 Å². The minimum atomic E-state index is -1.84. The number of aryl methyl sites for hydroxylation is 1. The molecule has 0 aliphatic carbocycles. The number of pyridine rings is 1. The Labute approximate surface area is 165 Å². The summed E-state index contributed by atoms with van der Waals surface area (Å²) in [6, 6.07) is 1.22. The van der Waals surface area contributed by atoms with Crippen LogP contribution in [0.15, 0.2) is 18.5 Å². The van der Waals surface area contributed by atoms with Crippen LogP contribution in [0.5, 0.6) is 5.88 Å². The number of aromatic nitrogens is 3. The van der Waals surface area contributed by atoms with Gasteiger partial charge >= 0.3 is 11.6 Å². The first kappa shape index (κ1) is 22.0. The molecular weight excluding hydrogens is 383 g/mol. The first-order valence-corrected chi connectivity index (χ1v) is 12.0. The lowest BCUT2D eigenvalue weighted by Crippen LogP contribution is -2.41. The average Bonchev–Trinajstić information content (AvgIpc) is 3.00. The van der Waals surface area contributed by atoms with Gasteiger partial charge in [-0.05, 0) is 25.1 Å². The SMILES string of the molecule is Cc1ncc(F)cc1-n1cc([N+](=O)[O-])c(OCCCO[Si](C)(C)C(C)(C)C)n1. The highest BCUT2D eigenvalue weighted by atomic mass is 28.4. The molecule has 0 saturated heterocycles. The summed E-state index contributed by atoms with van der Waals surface area (Å²) in [5.41, 5.74) is 0.529. The van der Waals surface area contributed by atoms with Crippen LogP contribution in [0.25, 0.3) is 5.69 Å². The zero-order valence-corrected chi connectivity index (χ0v) is 18.2. The standard InChI is InChI=1S/C18H27FN4O4Si/c1-13-15(10-14(19)11-20-13)22-12-16(23(24)25)17(21-22)26-8-7-9-27-28(5,6)18(2,3)4/h10-12H,7-9H2,1-6H3. The minimum Gasteiger partial charge on any atom is -0.472 e. The summed E-state index contributed by atoms with van der Waals surface area (Å²) in [6.45, 7) is 13.2. The van der Waals surface area contributed by atoms with E-state index in [1.165, 1.54) is 16.9 Å². The molecule has 0 aliphatic rings. The van der Waals surface area contributed by atoms with Gasteiger partial charge in [-0.1, -0.05) is 20.8 Å². The van der Waals surface area contributed by atoms with E-state index in [2.05, 4.69) is 43.9 Å². The summed E-state index contributed by atoms with van der Waals surface area (Å²) < 4.78 is 26.3. The molecule has 0 fully saturated rings. The van der Waals surface area contributed by atoms with Gasteiger partial charge in [-0.3, -0.25) is 15.1 Å². The number of ether oxygens (including phenoxy) is 1. The van der Waals surface area contributed by atoms with Gasteiger partial charge in [-0.2, -0.15) is 0 Å². The molecule has 0 N–H and O–H groups in total. The molecular formula is C18H27FN4O4Si. The van der Waals surface area contributed by atoms with E-state index in [1.54, 1.807) is 6.92 Å². The molecule has 0 atom stereocenters. The number of halogens is 1. The molecule has 2 aromatic rings. The maximum absolute atomic E-state index is 13.5. The fraction of sp³-hybridized carbons (Fsp3) is 0.556. The quantitative estimate of drug-likeness (QED) is 0.277. The van der Waals surface area contributed by atoms with Gasteiger partial charge in [0.25, 0.3) is 0 Å². The van der Waals surface area contributed by atoms with Crippen molar-refractivity contribution in [1.29, 1.82) is 0 Å². The molecule has 154 valence electrons. The van der Waals surface area contributed by atoms with E-state index in [9.17, 15) is 14.5 Å². The molecule has 0 aromatic carbocycles. The smallest absolute Gasteiger partial charge is 0.350 e. The molecule has 0 amide bonds. The van der Waals surface area contributed by atoms with E-state index in [0.717, 1.165) is 6.20 Å². The molecule has 0 spiro atoms. The van der Waals surface area contributed by atoms with Crippen LogP contribution in [0, 0.1) is 22.9 Å². The van der Waals surface area contributed by atoms with Crippen LogP contribution < -0.4 is 4.74 Å². The topological polar surface area (TPSA) is 92.3 Å². The first-order chi connectivity index (χ1) is 12.9. The third-order valence-corrected chi connectivity index (χ3v) is 9.47. The third kappa shape index (κ3) is 5.13. The molecule has 0 radical (unpaired) electrons. The summed E-state index contributed by atoms with van der Waals surface area (Å²) in [7, 11) is -1.84. The average molecular weight is 411 g/mol. The first-order valence-electron chi connectivity index (χ1n) is 9.06. The zero-order valence-electron chi connectivity index (χ0n) is 17.2. The van der Waals surface area contributed by atoms with Crippen molar-refractivity contribution < 1.29 is 18.5 Å². The van der Waals surface area contributed by atoms with Crippen LogP contribution >= 0.6 is 0 Å². The van der Waals surface area contributed by atoms with Crippen molar-refractivity contribution in [1.82, 2.24) is 14.8 Å². The van der Waals surface area contributed by atoms with Gasteiger partial charge in [-0.25, -0.2) is 9.07 Å². The molecule has 0 aliphatic heterocycles. The van der Waals surface area contributed by atoms with Crippen molar-refractivity contribution >= 4 is 14.0 Å². The third-order valence-electron chi connectivity index (χ3n) is 4.93. The second kappa shape index (κ2) is 8.35. The number of nitro groups is 1. The summed E-state index contributed by atoms with van der Waals surface area (Å²) in [4.78, 5) is 14.6. The minimum absolute atomic E-state index is 0.110. The fourth-order valence-electron chi connectivity index (χ4n) is 2.20. The Hall–Kier alpha value is -2.33. The van der Waals surface area contributed by atoms with E-state index in [4.69, 9.17) is 9.16 Å². The number of nitrogens with zero attached hydrogens (tertiary/aromatic N) is 4. The second-order valence-corrected chi connectivity index (χ2v) is 12.9. The van der Waals surface area contributed by atoms with Gasteiger partial charge in [0, 0.05) is 19.1 Å². The van der Waals surface area contributed by atoms with Gasteiger partial charge in [0.1, 0.15) is 12.0 Å². The Bertz CT molecular complexity index is 849. The molecule has 0 bridgehead atoms. The number of rotatable bonds is 8. The van der Waals surface area contributed by atoms with Crippen LogP contribution in [0.3, 0.4) is 0 Å². The second-order valence-electron chi connectivity index (χ2n) is 8.09. The van der Waals surface area contributed by atoms with Crippen molar-refractivity contribution in [3.63, 3.8) is 0 Å². The molecule has 0 saturated carbocycles. The largest absolute Gasteiger partial charge is 0.472 e. The van der Waals surface area contributed by atoms with E-state index in [1.807, 2.05) is 0 Å². The number of hydrogen-bond acceptors (Lipinski definition) is 6. The molecule has 2 aromatic heterocycles. The summed E-state index contributed by atoms with van der Waals surface area (Å²) in [5, 5.41) is 15.5. The van der Waals surface area contributed by atoms with Crippen LogP contribution in [0.1, 0.15) is 32.9 Å². The molecule has 10 heteroatoms. The van der Waals surface area contributed by atoms with E-state index < -0.39 is 19.1 Å². The Kier molecular flexibility index (Phi) is 6.55. The lowest BCUT2D eigenvalue weighted by molar-refractivity contribution is -0.385. The summed E-state index contributed by atoms with van der Waals surface area (Å²) in [6.07, 6.45) is 2.86. The lowest BCUT2D eigenvalue weighted by Gasteiger charge is -2.36. The summed E-state index contributed by atoms with van der Waals surface area (Å²) in [5.74, 6) is -0.662. The Morgan fingerprint density at radius 1 is 1.32 bits per heavy atom. The zero-order chi connectivity index (χ0) is 21.1. The van der Waals surface area contributed by atoms with E-state index in [0.29, 0.717) is 24.4 Å². The maximum Gasteiger partial charge on any atom is 0.350 e. The predicted octanol–water partition coefficient (Wildman–Crippen LogP) is 4.41. The number of hydrogen-bond donors (Lipinski definition) is 0. The Morgan fingerprint density at radius 2 is 2.00 bits per heavy atom. The normalized spacial score (nSPS) is 12.2. The van der Waals surface area contributed by atoms with Crippen molar-refractivity contribution in [3.8, 4) is 11.6 Å². The molecule has 8 nitrogen and oxygen atoms in total. The van der Waals surface area contributed by atoms with Gasteiger partial charge in [0.15, 0.2) is 8.32 Å². The lowest BCUT2D eigenvalue weighted by atomic mass is 10.2. The van der Waals surface area contributed by atoms with Crippen LogP contribution in [0.4, 0.5) is 10.1 Å². The summed E-state index contributed by atoms with van der Waals surface area (Å²) >= 11 is 0. The molecule has 0 unspecified atom stereocenters. The van der Waals surface area contributed by atoms with Gasteiger partial charge < -0.3 is 9.16 Å². The molecule has 2 heterocycles. The maximum atomic E-state index is 13.5. The van der Waals surface area contributed by atoms with Crippen molar-refractivity contribution in [2.75, 3.05) is 13.2 Å².